The van der Waals surface area contributed by atoms with Gasteiger partial charge in [0.1, 0.15) is 0 Å². The third-order valence-corrected chi connectivity index (χ3v) is 3.47. The van der Waals surface area contributed by atoms with E-state index in [1.165, 1.54) is 0 Å². The molecule has 1 rings (SSSR count). The van der Waals surface area contributed by atoms with Crippen molar-refractivity contribution in [2.24, 2.45) is 5.73 Å². The summed E-state index contributed by atoms with van der Waals surface area (Å²) >= 11 is 10.8. The Morgan fingerprint density at radius 3 is 2.67 bits per heavy atom. The standard InChI is InChI=1S/C13H17ClN2OS/c1-8-6-10(4-5-11(8)14)13(17)16(3)9(2)7-12(15)18/h4-6,9H,7H2,1-3H3,(H2,15,18). The molecule has 3 nitrogen and oxygen atoms in total. The predicted octanol–water partition coefficient (Wildman–Crippen LogP) is 2.79. The molecule has 0 fully saturated rings. The highest BCUT2D eigenvalue weighted by Crippen LogP contribution is 2.18. The predicted molar refractivity (Wildman–Crippen MR) is 79.1 cm³/mol. The Morgan fingerprint density at radius 2 is 2.17 bits per heavy atom. The molecular formula is C13H17ClN2OS. The third kappa shape index (κ3) is 3.68. The second-order valence-corrected chi connectivity index (χ2v) is 5.33. The Hall–Kier alpha value is -1.13. The van der Waals surface area contributed by atoms with Gasteiger partial charge in [-0.1, -0.05) is 23.8 Å². The van der Waals surface area contributed by atoms with E-state index < -0.39 is 0 Å². The number of nitrogens with two attached hydrogens (primary N) is 1. The van der Waals surface area contributed by atoms with Gasteiger partial charge in [-0.15, -0.1) is 0 Å². The highest BCUT2D eigenvalue weighted by atomic mass is 35.5. The number of rotatable bonds is 4. The van der Waals surface area contributed by atoms with E-state index in [1.807, 2.05) is 13.8 Å². The van der Waals surface area contributed by atoms with Gasteiger partial charge in [-0.05, 0) is 37.6 Å². The Labute approximate surface area is 118 Å². The molecule has 0 saturated heterocycles. The molecule has 0 saturated carbocycles. The maximum atomic E-state index is 12.2. The number of amides is 1. The second-order valence-electron chi connectivity index (χ2n) is 4.40. The van der Waals surface area contributed by atoms with Crippen molar-refractivity contribution in [3.8, 4) is 0 Å². The molecule has 0 radical (unpaired) electrons. The van der Waals surface area contributed by atoms with E-state index in [4.69, 9.17) is 29.6 Å². The van der Waals surface area contributed by atoms with Gasteiger partial charge in [0.15, 0.2) is 0 Å². The molecule has 0 heterocycles. The number of hydrogen-bond donors (Lipinski definition) is 1. The summed E-state index contributed by atoms with van der Waals surface area (Å²) in [4.78, 5) is 14.3. The maximum absolute atomic E-state index is 12.2. The van der Waals surface area contributed by atoms with Crippen molar-refractivity contribution in [3.05, 3.63) is 34.3 Å². The number of hydrogen-bond acceptors (Lipinski definition) is 2. The minimum Gasteiger partial charge on any atom is -0.393 e. The van der Waals surface area contributed by atoms with Crippen molar-refractivity contribution in [3.63, 3.8) is 0 Å². The van der Waals surface area contributed by atoms with E-state index in [0.717, 1.165) is 5.56 Å². The molecule has 0 aliphatic heterocycles. The highest BCUT2D eigenvalue weighted by molar-refractivity contribution is 7.80. The van der Waals surface area contributed by atoms with Crippen LogP contribution >= 0.6 is 23.8 Å². The summed E-state index contributed by atoms with van der Waals surface area (Å²) in [6, 6.07) is 5.22. The Bertz CT molecular complexity index is 476. The first-order valence-corrected chi connectivity index (χ1v) is 6.43. The topological polar surface area (TPSA) is 46.3 Å². The number of thiocarbonyl (C=S) groups is 1. The van der Waals surface area contributed by atoms with Crippen LogP contribution in [0, 0.1) is 6.92 Å². The third-order valence-electron chi connectivity index (χ3n) is 2.88. The lowest BCUT2D eigenvalue weighted by atomic mass is 10.1. The number of benzene rings is 1. The van der Waals surface area contributed by atoms with Crippen LogP contribution in [-0.4, -0.2) is 28.9 Å². The summed E-state index contributed by atoms with van der Waals surface area (Å²) < 4.78 is 0. The summed E-state index contributed by atoms with van der Waals surface area (Å²) in [5.41, 5.74) is 7.00. The molecule has 98 valence electrons. The smallest absolute Gasteiger partial charge is 0.253 e. The van der Waals surface area contributed by atoms with Gasteiger partial charge in [0.05, 0.1) is 4.99 Å². The molecule has 1 aromatic rings. The molecular weight excluding hydrogens is 268 g/mol. The summed E-state index contributed by atoms with van der Waals surface area (Å²) in [5.74, 6) is -0.0569. The van der Waals surface area contributed by atoms with Gasteiger partial charge in [-0.2, -0.15) is 0 Å². The molecule has 0 aliphatic carbocycles. The van der Waals surface area contributed by atoms with E-state index in [1.54, 1.807) is 30.1 Å². The van der Waals surface area contributed by atoms with Gasteiger partial charge < -0.3 is 10.6 Å². The normalized spacial score (nSPS) is 12.0. The number of aryl methyl sites for hydroxylation is 1. The fourth-order valence-corrected chi connectivity index (χ4v) is 1.97. The zero-order valence-electron chi connectivity index (χ0n) is 10.7. The lowest BCUT2D eigenvalue weighted by Gasteiger charge is -2.24. The monoisotopic (exact) mass is 284 g/mol. The summed E-state index contributed by atoms with van der Waals surface area (Å²) in [7, 11) is 1.75. The van der Waals surface area contributed by atoms with Crippen molar-refractivity contribution in [2.45, 2.75) is 26.3 Å². The molecule has 1 atom stereocenters. The van der Waals surface area contributed by atoms with Crippen molar-refractivity contribution < 1.29 is 4.79 Å². The first-order chi connectivity index (χ1) is 8.32. The molecule has 18 heavy (non-hydrogen) atoms. The minimum absolute atomic E-state index is 0.0222. The minimum atomic E-state index is -0.0569. The van der Waals surface area contributed by atoms with Crippen molar-refractivity contribution >= 4 is 34.7 Å². The van der Waals surface area contributed by atoms with Crippen LogP contribution in [-0.2, 0) is 0 Å². The van der Waals surface area contributed by atoms with Crippen molar-refractivity contribution in [1.29, 1.82) is 0 Å². The molecule has 5 heteroatoms. The van der Waals surface area contributed by atoms with Gasteiger partial charge in [0.25, 0.3) is 5.91 Å². The summed E-state index contributed by atoms with van der Waals surface area (Å²) in [5, 5.41) is 0.658. The van der Waals surface area contributed by atoms with Crippen LogP contribution in [0.4, 0.5) is 0 Å². The van der Waals surface area contributed by atoms with Crippen molar-refractivity contribution in [2.75, 3.05) is 7.05 Å². The van der Waals surface area contributed by atoms with Gasteiger partial charge >= 0.3 is 0 Å². The Balaban J connectivity index is 2.86. The summed E-state index contributed by atoms with van der Waals surface area (Å²) in [6.45, 7) is 3.79. The van der Waals surface area contributed by atoms with Crippen LogP contribution in [0.5, 0.6) is 0 Å². The Morgan fingerprint density at radius 1 is 1.56 bits per heavy atom. The molecule has 0 aromatic heterocycles. The molecule has 0 aliphatic rings. The molecule has 2 N–H and O–H groups in total. The van der Waals surface area contributed by atoms with Crippen LogP contribution in [0.25, 0.3) is 0 Å². The van der Waals surface area contributed by atoms with E-state index in [0.29, 0.717) is 22.0 Å². The zero-order chi connectivity index (χ0) is 13.9. The fraction of sp³-hybridized carbons (Fsp3) is 0.385. The second kappa shape index (κ2) is 6.16. The maximum Gasteiger partial charge on any atom is 0.253 e. The average molecular weight is 285 g/mol. The SMILES string of the molecule is Cc1cc(C(=O)N(C)C(C)CC(N)=S)ccc1Cl. The van der Waals surface area contributed by atoms with Crippen LogP contribution in [0.2, 0.25) is 5.02 Å². The van der Waals surface area contributed by atoms with Crippen LogP contribution in [0.3, 0.4) is 0 Å². The molecule has 1 amide bonds. The highest BCUT2D eigenvalue weighted by Gasteiger charge is 2.18. The van der Waals surface area contributed by atoms with Gasteiger partial charge in [0, 0.05) is 30.1 Å². The Kier molecular flexibility index (Phi) is 5.11. The first kappa shape index (κ1) is 14.9. The number of carbonyl (C=O) groups excluding carboxylic acids is 1. The number of halogens is 1. The lowest BCUT2D eigenvalue weighted by molar-refractivity contribution is 0.0748. The average Bonchev–Trinajstić information content (AvgIpc) is 2.30. The van der Waals surface area contributed by atoms with Crippen LogP contribution in [0.1, 0.15) is 29.3 Å². The number of carbonyl (C=O) groups is 1. The van der Waals surface area contributed by atoms with Crippen LogP contribution < -0.4 is 5.73 Å². The molecule has 1 aromatic carbocycles. The van der Waals surface area contributed by atoms with Crippen molar-refractivity contribution in [1.82, 2.24) is 4.90 Å². The molecule has 0 bridgehead atoms. The van der Waals surface area contributed by atoms with E-state index in [2.05, 4.69) is 0 Å². The zero-order valence-corrected chi connectivity index (χ0v) is 12.3. The quantitative estimate of drug-likeness (QED) is 0.865. The molecule has 1 unspecified atom stereocenters. The largest absolute Gasteiger partial charge is 0.393 e. The summed E-state index contributed by atoms with van der Waals surface area (Å²) in [6.07, 6.45) is 0.518. The fourth-order valence-electron chi connectivity index (χ4n) is 1.61. The van der Waals surface area contributed by atoms with E-state index in [-0.39, 0.29) is 11.9 Å². The molecule has 0 spiro atoms. The van der Waals surface area contributed by atoms with Crippen LogP contribution in [0.15, 0.2) is 18.2 Å². The van der Waals surface area contributed by atoms with E-state index >= 15 is 0 Å². The van der Waals surface area contributed by atoms with Gasteiger partial charge in [-0.25, -0.2) is 0 Å². The number of nitrogens with zero attached hydrogens (tertiary/aromatic N) is 1. The van der Waals surface area contributed by atoms with Gasteiger partial charge in [0.2, 0.25) is 0 Å². The van der Waals surface area contributed by atoms with E-state index in [9.17, 15) is 4.79 Å². The van der Waals surface area contributed by atoms with Gasteiger partial charge in [-0.3, -0.25) is 4.79 Å². The lowest BCUT2D eigenvalue weighted by Crippen LogP contribution is -2.37. The first-order valence-electron chi connectivity index (χ1n) is 5.64.